The second kappa shape index (κ2) is 5.23. The molecule has 0 amide bonds. The fourth-order valence-electron chi connectivity index (χ4n) is 1.06. The van der Waals surface area contributed by atoms with Crippen molar-refractivity contribution in [2.75, 3.05) is 6.61 Å². The van der Waals surface area contributed by atoms with Crippen LogP contribution in [0.5, 0.6) is 0 Å². The number of ether oxygens (including phenoxy) is 1. The largest absolute Gasteiger partial charge is 0.463 e. The van der Waals surface area contributed by atoms with Gasteiger partial charge < -0.3 is 9.84 Å². The van der Waals surface area contributed by atoms with Gasteiger partial charge in [0.1, 0.15) is 18.5 Å². The highest BCUT2D eigenvalue weighted by atomic mass is 79.9. The Kier molecular flexibility index (Phi) is 4.23. The standard InChI is InChI=1S/C10H10BrFO3/c1-6(13)15-5-10(14)8-3-2-7(12)4-9(8)11/h2-4,10,14H,5H2,1H3. The molecule has 1 unspecified atom stereocenters. The van der Waals surface area contributed by atoms with E-state index in [2.05, 4.69) is 20.7 Å². The first-order valence-corrected chi connectivity index (χ1v) is 5.06. The molecule has 3 nitrogen and oxygen atoms in total. The van der Waals surface area contributed by atoms with Crippen molar-refractivity contribution < 1.29 is 19.0 Å². The van der Waals surface area contributed by atoms with E-state index in [1.165, 1.54) is 25.1 Å². The quantitative estimate of drug-likeness (QED) is 0.861. The van der Waals surface area contributed by atoms with Crippen molar-refractivity contribution in [2.45, 2.75) is 13.0 Å². The van der Waals surface area contributed by atoms with Crippen LogP contribution >= 0.6 is 15.9 Å². The van der Waals surface area contributed by atoms with E-state index in [1.54, 1.807) is 0 Å². The molecule has 0 aromatic heterocycles. The van der Waals surface area contributed by atoms with Crippen LogP contribution in [-0.4, -0.2) is 17.7 Å². The molecule has 1 aromatic carbocycles. The van der Waals surface area contributed by atoms with Crippen LogP contribution in [0.25, 0.3) is 0 Å². The van der Waals surface area contributed by atoms with Gasteiger partial charge in [0.2, 0.25) is 0 Å². The average molecular weight is 277 g/mol. The minimum atomic E-state index is -0.955. The maximum absolute atomic E-state index is 12.7. The molecule has 1 aromatic rings. The van der Waals surface area contributed by atoms with Crippen LogP contribution in [0.3, 0.4) is 0 Å². The molecule has 1 rings (SSSR count). The lowest BCUT2D eigenvalue weighted by Gasteiger charge is -2.12. The number of carbonyl (C=O) groups excluding carboxylic acids is 1. The van der Waals surface area contributed by atoms with Gasteiger partial charge in [-0.2, -0.15) is 0 Å². The minimum Gasteiger partial charge on any atom is -0.463 e. The third-order valence-electron chi connectivity index (χ3n) is 1.77. The number of aliphatic hydroxyl groups is 1. The number of rotatable bonds is 3. The van der Waals surface area contributed by atoms with Gasteiger partial charge in [-0.25, -0.2) is 4.39 Å². The summed E-state index contributed by atoms with van der Waals surface area (Å²) in [6, 6.07) is 3.91. The smallest absolute Gasteiger partial charge is 0.302 e. The van der Waals surface area contributed by atoms with Gasteiger partial charge in [0.05, 0.1) is 0 Å². The van der Waals surface area contributed by atoms with Crippen molar-refractivity contribution >= 4 is 21.9 Å². The molecule has 15 heavy (non-hydrogen) atoms. The van der Waals surface area contributed by atoms with Crippen molar-refractivity contribution in [2.24, 2.45) is 0 Å². The predicted molar refractivity (Wildman–Crippen MR) is 55.7 cm³/mol. The Morgan fingerprint density at radius 1 is 1.67 bits per heavy atom. The zero-order chi connectivity index (χ0) is 11.4. The Balaban J connectivity index is 2.73. The lowest BCUT2D eigenvalue weighted by molar-refractivity contribution is -0.144. The zero-order valence-electron chi connectivity index (χ0n) is 8.04. The second-order valence-electron chi connectivity index (χ2n) is 2.98. The van der Waals surface area contributed by atoms with E-state index >= 15 is 0 Å². The Labute approximate surface area is 95.0 Å². The summed E-state index contributed by atoms with van der Waals surface area (Å²) in [4.78, 5) is 10.5. The first-order chi connectivity index (χ1) is 7.00. The number of benzene rings is 1. The molecule has 1 atom stereocenters. The van der Waals surface area contributed by atoms with Gasteiger partial charge in [0.15, 0.2) is 0 Å². The van der Waals surface area contributed by atoms with Crippen LogP contribution in [0.15, 0.2) is 22.7 Å². The van der Waals surface area contributed by atoms with Crippen LogP contribution in [0, 0.1) is 5.82 Å². The van der Waals surface area contributed by atoms with E-state index in [0.29, 0.717) is 10.0 Å². The lowest BCUT2D eigenvalue weighted by Crippen LogP contribution is -2.10. The van der Waals surface area contributed by atoms with Gasteiger partial charge in [-0.15, -0.1) is 0 Å². The van der Waals surface area contributed by atoms with Crippen molar-refractivity contribution in [3.05, 3.63) is 34.1 Å². The summed E-state index contributed by atoms with van der Waals surface area (Å²) < 4.78 is 17.8. The molecule has 5 heteroatoms. The molecule has 0 bridgehead atoms. The summed E-state index contributed by atoms with van der Waals surface area (Å²) in [5.74, 6) is -0.863. The molecular formula is C10H10BrFO3. The van der Waals surface area contributed by atoms with Gasteiger partial charge >= 0.3 is 5.97 Å². The maximum Gasteiger partial charge on any atom is 0.302 e. The summed E-state index contributed by atoms with van der Waals surface area (Å²) in [6.07, 6.45) is -0.955. The molecule has 82 valence electrons. The Morgan fingerprint density at radius 2 is 2.33 bits per heavy atom. The van der Waals surface area contributed by atoms with Crippen molar-refractivity contribution in [1.29, 1.82) is 0 Å². The van der Waals surface area contributed by atoms with Crippen LogP contribution in [0.4, 0.5) is 4.39 Å². The predicted octanol–water partition coefficient (Wildman–Crippen LogP) is 2.18. The van der Waals surface area contributed by atoms with Crippen LogP contribution in [0.1, 0.15) is 18.6 Å². The Bertz CT molecular complexity index is 368. The summed E-state index contributed by atoms with van der Waals surface area (Å²) >= 11 is 3.11. The summed E-state index contributed by atoms with van der Waals surface area (Å²) in [5.41, 5.74) is 0.484. The van der Waals surface area contributed by atoms with Crippen molar-refractivity contribution in [3.8, 4) is 0 Å². The van der Waals surface area contributed by atoms with Crippen LogP contribution in [0.2, 0.25) is 0 Å². The normalized spacial score (nSPS) is 12.3. The molecule has 0 saturated heterocycles. The number of hydrogen-bond donors (Lipinski definition) is 1. The number of esters is 1. The lowest BCUT2D eigenvalue weighted by atomic mass is 10.1. The van der Waals surface area contributed by atoms with E-state index in [1.807, 2.05) is 0 Å². The highest BCUT2D eigenvalue weighted by Gasteiger charge is 2.13. The molecule has 0 aliphatic heterocycles. The average Bonchev–Trinajstić information content (AvgIpc) is 2.14. The minimum absolute atomic E-state index is 0.139. The number of halogens is 2. The number of carbonyl (C=O) groups is 1. The van der Waals surface area contributed by atoms with Crippen LogP contribution in [-0.2, 0) is 9.53 Å². The van der Waals surface area contributed by atoms with E-state index < -0.39 is 17.9 Å². The maximum atomic E-state index is 12.7. The van der Waals surface area contributed by atoms with Gasteiger partial charge in [0, 0.05) is 11.4 Å². The van der Waals surface area contributed by atoms with Gasteiger partial charge in [-0.1, -0.05) is 22.0 Å². The van der Waals surface area contributed by atoms with Gasteiger partial charge in [0.25, 0.3) is 0 Å². The van der Waals surface area contributed by atoms with Gasteiger partial charge in [-0.3, -0.25) is 4.79 Å². The van der Waals surface area contributed by atoms with E-state index in [9.17, 15) is 14.3 Å². The molecule has 0 saturated carbocycles. The molecule has 0 aliphatic carbocycles. The summed E-state index contributed by atoms with van der Waals surface area (Å²) in [6.45, 7) is 1.12. The SMILES string of the molecule is CC(=O)OCC(O)c1ccc(F)cc1Br. The van der Waals surface area contributed by atoms with E-state index in [4.69, 9.17) is 0 Å². The zero-order valence-corrected chi connectivity index (χ0v) is 9.62. The third kappa shape index (κ3) is 3.60. The fourth-order valence-corrected chi connectivity index (χ4v) is 1.67. The molecular weight excluding hydrogens is 267 g/mol. The highest BCUT2D eigenvalue weighted by molar-refractivity contribution is 9.10. The van der Waals surface area contributed by atoms with E-state index in [-0.39, 0.29) is 6.61 Å². The molecule has 0 spiro atoms. The second-order valence-corrected chi connectivity index (χ2v) is 3.84. The highest BCUT2D eigenvalue weighted by Crippen LogP contribution is 2.24. The first-order valence-electron chi connectivity index (χ1n) is 4.27. The Hall–Kier alpha value is -0.940. The fraction of sp³-hybridized carbons (Fsp3) is 0.300. The molecule has 0 aliphatic rings. The monoisotopic (exact) mass is 276 g/mol. The topological polar surface area (TPSA) is 46.5 Å². The molecule has 0 radical (unpaired) electrons. The molecule has 1 N–H and O–H groups in total. The first kappa shape index (κ1) is 12.1. The van der Waals surface area contributed by atoms with Gasteiger partial charge in [-0.05, 0) is 17.7 Å². The van der Waals surface area contributed by atoms with Crippen LogP contribution < -0.4 is 0 Å². The number of hydrogen-bond acceptors (Lipinski definition) is 3. The van der Waals surface area contributed by atoms with Crippen molar-refractivity contribution in [3.63, 3.8) is 0 Å². The summed E-state index contributed by atoms with van der Waals surface area (Å²) in [7, 11) is 0. The third-order valence-corrected chi connectivity index (χ3v) is 2.45. The number of aliphatic hydroxyl groups excluding tert-OH is 1. The molecule has 0 fully saturated rings. The summed E-state index contributed by atoms with van der Waals surface area (Å²) in [5, 5.41) is 9.61. The van der Waals surface area contributed by atoms with E-state index in [0.717, 1.165) is 0 Å². The Morgan fingerprint density at radius 3 is 2.87 bits per heavy atom. The van der Waals surface area contributed by atoms with Crippen molar-refractivity contribution in [1.82, 2.24) is 0 Å². The molecule has 0 heterocycles.